The largest absolute Gasteiger partial charge is 0.469 e. The van der Waals surface area contributed by atoms with Crippen LogP contribution < -0.4 is 0 Å². The quantitative estimate of drug-likeness (QED) is 0.733. The van der Waals surface area contributed by atoms with Crippen LogP contribution in [0.4, 0.5) is 0 Å². The van der Waals surface area contributed by atoms with Gasteiger partial charge in [0.2, 0.25) is 0 Å². The summed E-state index contributed by atoms with van der Waals surface area (Å²) in [7, 11) is 1.53. The molecule has 0 spiro atoms. The number of benzene rings is 1. The number of halogens is 1. The highest BCUT2D eigenvalue weighted by molar-refractivity contribution is 9.10. The molecule has 1 aromatic carbocycles. The second kappa shape index (κ2) is 5.51. The van der Waals surface area contributed by atoms with Gasteiger partial charge in [0.25, 0.3) is 0 Å². The van der Waals surface area contributed by atoms with Crippen LogP contribution in [0.1, 0.15) is 50.0 Å². The molecule has 3 aliphatic carbocycles. The molecule has 0 N–H and O–H groups in total. The minimum Gasteiger partial charge on any atom is -0.469 e. The Labute approximate surface area is 129 Å². The Morgan fingerprint density at radius 3 is 2.35 bits per heavy atom. The van der Waals surface area contributed by atoms with Crippen LogP contribution in [-0.4, -0.2) is 13.1 Å². The van der Waals surface area contributed by atoms with Crippen LogP contribution >= 0.6 is 15.9 Å². The van der Waals surface area contributed by atoms with Gasteiger partial charge in [-0.15, -0.1) is 0 Å². The molecule has 0 radical (unpaired) electrons. The van der Waals surface area contributed by atoms with E-state index >= 15 is 0 Å². The zero-order valence-electron chi connectivity index (χ0n) is 11.9. The Balaban J connectivity index is 1.84. The van der Waals surface area contributed by atoms with Crippen molar-refractivity contribution >= 4 is 21.9 Å². The molecule has 2 nitrogen and oxygen atoms in total. The zero-order valence-corrected chi connectivity index (χ0v) is 13.5. The summed E-state index contributed by atoms with van der Waals surface area (Å²) < 4.78 is 6.21. The fourth-order valence-corrected chi connectivity index (χ4v) is 4.45. The lowest BCUT2D eigenvalue weighted by molar-refractivity contribution is -0.155. The first-order chi connectivity index (χ1) is 9.64. The third kappa shape index (κ3) is 2.41. The fourth-order valence-electron chi connectivity index (χ4n) is 4.18. The average molecular weight is 337 g/mol. The molecule has 0 amide bonds. The Hall–Kier alpha value is -0.830. The third-order valence-corrected chi connectivity index (χ3v) is 5.94. The van der Waals surface area contributed by atoms with Crippen molar-refractivity contribution < 1.29 is 9.53 Å². The van der Waals surface area contributed by atoms with Crippen molar-refractivity contribution in [3.8, 4) is 0 Å². The number of esters is 1. The van der Waals surface area contributed by atoms with E-state index in [9.17, 15) is 4.79 Å². The van der Waals surface area contributed by atoms with Gasteiger partial charge in [0.05, 0.1) is 12.5 Å². The first-order valence-electron chi connectivity index (χ1n) is 7.48. The Morgan fingerprint density at radius 1 is 1.15 bits per heavy atom. The minimum atomic E-state index is -0.185. The van der Waals surface area contributed by atoms with Crippen LogP contribution in [0.5, 0.6) is 0 Å². The molecule has 108 valence electrons. The first-order valence-corrected chi connectivity index (χ1v) is 8.28. The third-order valence-electron chi connectivity index (χ3n) is 5.41. The second-order valence-corrected chi connectivity index (χ2v) is 7.22. The van der Waals surface area contributed by atoms with E-state index < -0.39 is 0 Å². The highest BCUT2D eigenvalue weighted by Gasteiger charge is 2.47. The van der Waals surface area contributed by atoms with Gasteiger partial charge >= 0.3 is 5.97 Å². The molecular formula is C17H21BrO2. The van der Waals surface area contributed by atoms with E-state index in [0.717, 1.165) is 48.9 Å². The van der Waals surface area contributed by atoms with Gasteiger partial charge in [-0.2, -0.15) is 0 Å². The van der Waals surface area contributed by atoms with Crippen molar-refractivity contribution in [2.75, 3.05) is 7.11 Å². The van der Waals surface area contributed by atoms with Crippen molar-refractivity contribution in [2.24, 2.45) is 11.3 Å². The van der Waals surface area contributed by atoms with Gasteiger partial charge in [-0.1, -0.05) is 28.1 Å². The standard InChI is InChI=1S/C17H21BrO2/c1-20-16(19)17-9-6-13(7-10-17)15(8-11-17)12-2-4-14(18)5-3-12/h2-5,13,15H,6-11H2,1H3. The predicted octanol–water partition coefficient (Wildman–Crippen LogP) is 4.68. The van der Waals surface area contributed by atoms with Gasteiger partial charge in [0.15, 0.2) is 0 Å². The van der Waals surface area contributed by atoms with Gasteiger partial charge in [-0.3, -0.25) is 4.79 Å². The summed E-state index contributed by atoms with van der Waals surface area (Å²) in [5.74, 6) is 1.36. The summed E-state index contributed by atoms with van der Waals surface area (Å²) in [6.45, 7) is 0. The first kappa shape index (κ1) is 14.1. The predicted molar refractivity (Wildman–Crippen MR) is 82.5 cm³/mol. The summed E-state index contributed by atoms with van der Waals surface area (Å²) in [6, 6.07) is 8.72. The fraction of sp³-hybridized carbons (Fsp3) is 0.588. The summed E-state index contributed by atoms with van der Waals surface area (Å²) in [4.78, 5) is 12.2. The molecule has 3 saturated carbocycles. The van der Waals surface area contributed by atoms with E-state index in [0.29, 0.717) is 5.92 Å². The van der Waals surface area contributed by atoms with Crippen molar-refractivity contribution in [2.45, 2.75) is 44.4 Å². The molecule has 20 heavy (non-hydrogen) atoms. The maximum absolute atomic E-state index is 12.2. The summed E-state index contributed by atoms with van der Waals surface area (Å²) in [6.07, 6.45) is 6.44. The lowest BCUT2D eigenvalue weighted by Gasteiger charge is -2.34. The van der Waals surface area contributed by atoms with Gasteiger partial charge in [0.1, 0.15) is 0 Å². The summed E-state index contributed by atoms with van der Waals surface area (Å²) in [5.41, 5.74) is 1.25. The topological polar surface area (TPSA) is 26.3 Å². The van der Waals surface area contributed by atoms with E-state index in [1.165, 1.54) is 12.7 Å². The number of carbonyl (C=O) groups excluding carboxylic acids is 1. The number of ether oxygens (including phenoxy) is 1. The molecule has 4 rings (SSSR count). The average Bonchev–Trinajstić information content (AvgIpc) is 2.78. The smallest absolute Gasteiger partial charge is 0.311 e. The molecule has 2 bridgehead atoms. The number of hydrogen-bond donors (Lipinski definition) is 0. The molecule has 3 aliphatic rings. The van der Waals surface area contributed by atoms with Crippen LogP contribution in [0.3, 0.4) is 0 Å². The number of carbonyl (C=O) groups is 1. The lowest BCUT2D eigenvalue weighted by atomic mass is 9.70. The highest BCUT2D eigenvalue weighted by atomic mass is 79.9. The molecule has 0 aromatic heterocycles. The molecule has 1 atom stereocenters. The SMILES string of the molecule is COC(=O)C12CCC(CC1)C(c1ccc(Br)cc1)CC2. The van der Waals surface area contributed by atoms with Crippen molar-refractivity contribution in [1.29, 1.82) is 0 Å². The Morgan fingerprint density at radius 2 is 1.75 bits per heavy atom. The summed E-state index contributed by atoms with van der Waals surface area (Å²) in [5, 5.41) is 0. The van der Waals surface area contributed by atoms with Crippen LogP contribution in [0.15, 0.2) is 28.7 Å². The van der Waals surface area contributed by atoms with Crippen molar-refractivity contribution in [1.82, 2.24) is 0 Å². The molecule has 1 unspecified atom stereocenters. The van der Waals surface area contributed by atoms with Gasteiger partial charge < -0.3 is 4.74 Å². The Bertz CT molecular complexity index is 486. The van der Waals surface area contributed by atoms with Crippen LogP contribution in [-0.2, 0) is 9.53 Å². The minimum absolute atomic E-state index is 0.0207. The maximum atomic E-state index is 12.2. The molecule has 1 aromatic rings. The van der Waals surface area contributed by atoms with Crippen molar-refractivity contribution in [3.05, 3.63) is 34.3 Å². The number of methoxy groups -OCH3 is 1. The number of fused-ring (bicyclic) bond motifs is 4. The highest BCUT2D eigenvalue weighted by Crippen LogP contribution is 2.53. The van der Waals surface area contributed by atoms with Gasteiger partial charge in [-0.25, -0.2) is 0 Å². The van der Waals surface area contributed by atoms with Gasteiger partial charge in [0, 0.05) is 4.47 Å². The van der Waals surface area contributed by atoms with Gasteiger partial charge in [-0.05, 0) is 68.1 Å². The van der Waals surface area contributed by atoms with E-state index in [2.05, 4.69) is 40.2 Å². The normalized spacial score (nSPS) is 32.7. The molecule has 3 fully saturated rings. The monoisotopic (exact) mass is 336 g/mol. The molecule has 3 heteroatoms. The number of rotatable bonds is 2. The zero-order chi connectivity index (χ0) is 14.2. The summed E-state index contributed by atoms with van der Waals surface area (Å²) >= 11 is 3.50. The number of hydrogen-bond acceptors (Lipinski definition) is 2. The second-order valence-electron chi connectivity index (χ2n) is 6.31. The maximum Gasteiger partial charge on any atom is 0.311 e. The van der Waals surface area contributed by atoms with Crippen molar-refractivity contribution in [3.63, 3.8) is 0 Å². The van der Waals surface area contributed by atoms with E-state index in [4.69, 9.17) is 4.74 Å². The van der Waals surface area contributed by atoms with E-state index in [-0.39, 0.29) is 11.4 Å². The van der Waals surface area contributed by atoms with Crippen LogP contribution in [0.2, 0.25) is 0 Å². The molecule has 0 heterocycles. The molecular weight excluding hydrogens is 316 g/mol. The molecule has 0 saturated heterocycles. The molecule has 0 aliphatic heterocycles. The van der Waals surface area contributed by atoms with Crippen LogP contribution in [0.25, 0.3) is 0 Å². The van der Waals surface area contributed by atoms with Crippen LogP contribution in [0, 0.1) is 11.3 Å². The van der Waals surface area contributed by atoms with E-state index in [1.54, 1.807) is 0 Å². The van der Waals surface area contributed by atoms with E-state index in [1.807, 2.05) is 0 Å². The lowest BCUT2D eigenvalue weighted by Crippen LogP contribution is -2.34. The Kier molecular flexibility index (Phi) is 3.89.